The molecule has 0 spiro atoms. The van der Waals surface area contributed by atoms with Crippen molar-refractivity contribution in [1.82, 2.24) is 4.90 Å². The van der Waals surface area contributed by atoms with Crippen LogP contribution < -0.4 is 4.74 Å². The molecule has 0 aliphatic heterocycles. The maximum absolute atomic E-state index is 12.5. The highest BCUT2D eigenvalue weighted by Crippen LogP contribution is 2.22. The van der Waals surface area contributed by atoms with Crippen LogP contribution in [0.4, 0.5) is 8.78 Å². The van der Waals surface area contributed by atoms with E-state index in [2.05, 4.69) is 0 Å². The number of nitrogens with zero attached hydrogens (tertiary/aromatic N) is 1. The lowest BCUT2D eigenvalue weighted by molar-refractivity contribution is 0.0741. The topological polar surface area (TPSA) is 49.8 Å². The largest absolute Gasteiger partial charge is 0.496 e. The molecule has 1 rings (SSSR count). The molecule has 112 valence electrons. The summed E-state index contributed by atoms with van der Waals surface area (Å²) in [5, 5.41) is 8.92. The van der Waals surface area contributed by atoms with E-state index in [1.54, 1.807) is 18.2 Å². The van der Waals surface area contributed by atoms with Gasteiger partial charge in [0.05, 0.1) is 20.3 Å². The van der Waals surface area contributed by atoms with E-state index in [0.29, 0.717) is 16.9 Å². The predicted molar refractivity (Wildman–Crippen MR) is 71.4 cm³/mol. The van der Waals surface area contributed by atoms with Crippen LogP contribution >= 0.6 is 0 Å². The Labute approximate surface area is 117 Å². The molecule has 0 radical (unpaired) electrons. The Kier molecular flexibility index (Phi) is 6.54. The zero-order chi connectivity index (χ0) is 15.1. The van der Waals surface area contributed by atoms with Crippen LogP contribution in [0.5, 0.6) is 5.75 Å². The van der Waals surface area contributed by atoms with Crippen LogP contribution in [0.2, 0.25) is 0 Å². The van der Waals surface area contributed by atoms with E-state index in [1.807, 2.05) is 0 Å². The molecule has 0 aliphatic carbocycles. The first kappa shape index (κ1) is 16.5. The highest BCUT2D eigenvalue weighted by Gasteiger charge is 2.15. The molecule has 0 saturated carbocycles. The number of halogens is 2. The summed E-state index contributed by atoms with van der Waals surface area (Å²) < 4.78 is 30.2. The fourth-order valence-corrected chi connectivity index (χ4v) is 1.93. The first-order chi connectivity index (χ1) is 9.47. The third kappa shape index (κ3) is 4.86. The molecular formula is C14H19F2NO3. The highest BCUT2D eigenvalue weighted by molar-refractivity contribution is 5.94. The molecular weight excluding hydrogens is 268 g/mol. The molecule has 0 aliphatic rings. The number of alkyl halides is 2. The molecule has 0 aromatic heterocycles. The van der Waals surface area contributed by atoms with Crippen molar-refractivity contribution in [2.24, 2.45) is 0 Å². The standard InChI is InChI=1S/C14H19F2NO3/c1-10(19)11-3-4-13(20-2)12(7-11)8-17(5-6-18)9-14(15)16/h3-4,7,14,18H,5-6,8-9H2,1-2H3. The summed E-state index contributed by atoms with van der Waals surface area (Å²) in [4.78, 5) is 12.8. The number of ketones is 1. The Bertz CT molecular complexity index is 452. The zero-order valence-corrected chi connectivity index (χ0v) is 11.6. The van der Waals surface area contributed by atoms with Gasteiger partial charge in [-0.3, -0.25) is 9.69 Å². The Balaban J connectivity index is 2.96. The van der Waals surface area contributed by atoms with E-state index in [0.717, 1.165) is 0 Å². The highest BCUT2D eigenvalue weighted by atomic mass is 19.3. The van der Waals surface area contributed by atoms with Crippen molar-refractivity contribution in [2.75, 3.05) is 26.8 Å². The quantitative estimate of drug-likeness (QED) is 0.743. The molecule has 1 aromatic carbocycles. The summed E-state index contributed by atoms with van der Waals surface area (Å²) in [6.07, 6.45) is -2.48. The Morgan fingerprint density at radius 2 is 2.15 bits per heavy atom. The van der Waals surface area contributed by atoms with Crippen LogP contribution in [0.1, 0.15) is 22.8 Å². The van der Waals surface area contributed by atoms with E-state index in [1.165, 1.54) is 18.9 Å². The van der Waals surface area contributed by atoms with E-state index >= 15 is 0 Å². The van der Waals surface area contributed by atoms with Gasteiger partial charge in [-0.1, -0.05) is 0 Å². The number of carbonyl (C=O) groups excluding carboxylic acids is 1. The Morgan fingerprint density at radius 1 is 1.45 bits per heavy atom. The van der Waals surface area contributed by atoms with Crippen molar-refractivity contribution in [3.63, 3.8) is 0 Å². The number of rotatable bonds is 8. The van der Waals surface area contributed by atoms with Crippen molar-refractivity contribution >= 4 is 5.78 Å². The van der Waals surface area contributed by atoms with Gasteiger partial charge in [-0.2, -0.15) is 0 Å². The summed E-state index contributed by atoms with van der Waals surface area (Å²) in [7, 11) is 1.48. The van der Waals surface area contributed by atoms with Gasteiger partial charge in [-0.15, -0.1) is 0 Å². The number of aliphatic hydroxyl groups is 1. The second-order valence-electron chi connectivity index (χ2n) is 4.43. The molecule has 0 bridgehead atoms. The number of aliphatic hydroxyl groups excluding tert-OH is 1. The van der Waals surface area contributed by atoms with Gasteiger partial charge in [0.2, 0.25) is 0 Å². The molecule has 0 fully saturated rings. The van der Waals surface area contributed by atoms with Gasteiger partial charge in [0.1, 0.15) is 5.75 Å². The van der Waals surface area contributed by atoms with Crippen LogP contribution in [0.25, 0.3) is 0 Å². The lowest BCUT2D eigenvalue weighted by Gasteiger charge is -2.22. The fraction of sp³-hybridized carbons (Fsp3) is 0.500. The van der Waals surface area contributed by atoms with Gasteiger partial charge in [-0.05, 0) is 25.1 Å². The molecule has 1 aromatic rings. The first-order valence-corrected chi connectivity index (χ1v) is 6.27. The van der Waals surface area contributed by atoms with E-state index in [-0.39, 0.29) is 25.5 Å². The fourth-order valence-electron chi connectivity index (χ4n) is 1.93. The van der Waals surface area contributed by atoms with Gasteiger partial charge in [-0.25, -0.2) is 8.78 Å². The van der Waals surface area contributed by atoms with Crippen molar-refractivity contribution in [2.45, 2.75) is 19.9 Å². The smallest absolute Gasteiger partial charge is 0.251 e. The van der Waals surface area contributed by atoms with Crippen LogP contribution in [0.3, 0.4) is 0 Å². The average Bonchev–Trinajstić information content (AvgIpc) is 2.38. The SMILES string of the molecule is COc1ccc(C(C)=O)cc1CN(CCO)CC(F)F. The van der Waals surface area contributed by atoms with E-state index in [9.17, 15) is 13.6 Å². The molecule has 0 unspecified atom stereocenters. The monoisotopic (exact) mass is 287 g/mol. The second-order valence-corrected chi connectivity index (χ2v) is 4.43. The average molecular weight is 287 g/mol. The van der Waals surface area contributed by atoms with Crippen LogP contribution in [-0.4, -0.2) is 49.0 Å². The van der Waals surface area contributed by atoms with Gasteiger partial charge < -0.3 is 9.84 Å². The molecule has 0 saturated heterocycles. The summed E-state index contributed by atoms with van der Waals surface area (Å²) >= 11 is 0. The maximum atomic E-state index is 12.5. The van der Waals surface area contributed by atoms with E-state index in [4.69, 9.17) is 9.84 Å². The molecule has 0 amide bonds. The number of hydrogen-bond acceptors (Lipinski definition) is 4. The first-order valence-electron chi connectivity index (χ1n) is 6.27. The zero-order valence-electron chi connectivity index (χ0n) is 11.6. The Morgan fingerprint density at radius 3 is 2.65 bits per heavy atom. The van der Waals surface area contributed by atoms with Crippen molar-refractivity contribution in [3.8, 4) is 5.75 Å². The van der Waals surface area contributed by atoms with Crippen molar-refractivity contribution < 1.29 is 23.4 Å². The van der Waals surface area contributed by atoms with Crippen molar-refractivity contribution in [1.29, 1.82) is 0 Å². The second kappa shape index (κ2) is 7.91. The van der Waals surface area contributed by atoms with E-state index < -0.39 is 13.0 Å². The van der Waals surface area contributed by atoms with Gasteiger partial charge in [0.25, 0.3) is 6.43 Å². The van der Waals surface area contributed by atoms with Crippen LogP contribution in [-0.2, 0) is 6.54 Å². The minimum atomic E-state index is -2.48. The van der Waals surface area contributed by atoms with Gasteiger partial charge in [0.15, 0.2) is 5.78 Å². The minimum absolute atomic E-state index is 0.100. The predicted octanol–water partition coefficient (Wildman–Crippen LogP) is 1.96. The normalized spacial score (nSPS) is 11.2. The van der Waals surface area contributed by atoms with Gasteiger partial charge >= 0.3 is 0 Å². The number of benzene rings is 1. The molecule has 0 heterocycles. The number of carbonyl (C=O) groups is 1. The van der Waals surface area contributed by atoms with Crippen LogP contribution in [0.15, 0.2) is 18.2 Å². The molecule has 1 N–H and O–H groups in total. The third-order valence-corrected chi connectivity index (χ3v) is 2.89. The number of methoxy groups -OCH3 is 1. The lowest BCUT2D eigenvalue weighted by Crippen LogP contribution is -2.31. The number of Topliss-reactive ketones (excluding diaryl/α,β-unsaturated/α-hetero) is 1. The lowest BCUT2D eigenvalue weighted by atomic mass is 10.1. The van der Waals surface area contributed by atoms with Gasteiger partial charge in [0, 0.05) is 24.2 Å². The summed E-state index contributed by atoms with van der Waals surface area (Å²) in [6.45, 7) is 1.12. The molecule has 0 atom stereocenters. The number of ether oxygens (including phenoxy) is 1. The summed E-state index contributed by atoms with van der Waals surface area (Å²) in [5.74, 6) is 0.434. The molecule has 6 heteroatoms. The Hall–Kier alpha value is -1.53. The number of hydrogen-bond donors (Lipinski definition) is 1. The summed E-state index contributed by atoms with van der Waals surface area (Å²) in [5.41, 5.74) is 1.15. The van der Waals surface area contributed by atoms with Crippen LogP contribution in [0, 0.1) is 0 Å². The molecule has 4 nitrogen and oxygen atoms in total. The molecule has 20 heavy (non-hydrogen) atoms. The third-order valence-electron chi connectivity index (χ3n) is 2.89. The minimum Gasteiger partial charge on any atom is -0.496 e. The summed E-state index contributed by atoms with van der Waals surface area (Å²) in [6, 6.07) is 4.91. The van der Waals surface area contributed by atoms with Crippen molar-refractivity contribution in [3.05, 3.63) is 29.3 Å². The maximum Gasteiger partial charge on any atom is 0.251 e.